The summed E-state index contributed by atoms with van der Waals surface area (Å²) in [5, 5.41) is 0. The topological polar surface area (TPSA) is 0 Å². The second-order valence-corrected chi connectivity index (χ2v) is 5.46. The van der Waals surface area contributed by atoms with Gasteiger partial charge in [-0.3, -0.25) is 0 Å². The molecule has 0 aromatic rings. The van der Waals surface area contributed by atoms with E-state index < -0.39 is 0 Å². The van der Waals surface area contributed by atoms with E-state index >= 15 is 0 Å². The summed E-state index contributed by atoms with van der Waals surface area (Å²) in [4.78, 5) is 0. The van der Waals surface area contributed by atoms with Crippen molar-refractivity contribution >= 4 is 11.6 Å². The van der Waals surface area contributed by atoms with Gasteiger partial charge in [-0.1, -0.05) is 6.42 Å². The molecule has 0 N–H and O–H groups in total. The van der Waals surface area contributed by atoms with Crippen molar-refractivity contribution in [2.75, 3.05) is 5.88 Å². The summed E-state index contributed by atoms with van der Waals surface area (Å²) in [5.41, 5.74) is 0. The number of fused-ring (bicyclic) bond motifs is 2. The van der Waals surface area contributed by atoms with Crippen LogP contribution in [0.25, 0.3) is 0 Å². The number of halogens is 1. The Balaban J connectivity index is 1.65. The summed E-state index contributed by atoms with van der Waals surface area (Å²) in [5.74, 6) is 6.24. The Morgan fingerprint density at radius 3 is 2.42 bits per heavy atom. The molecule has 0 aromatic heterocycles. The zero-order valence-corrected chi connectivity index (χ0v) is 8.26. The van der Waals surface area contributed by atoms with Crippen LogP contribution in [0, 0.1) is 29.6 Å². The molecule has 3 saturated carbocycles. The molecule has 0 heterocycles. The lowest BCUT2D eigenvalue weighted by Crippen LogP contribution is -2.13. The Labute approximate surface area is 79.7 Å². The van der Waals surface area contributed by atoms with Crippen LogP contribution in [-0.4, -0.2) is 5.88 Å². The van der Waals surface area contributed by atoms with Gasteiger partial charge in [0.2, 0.25) is 0 Å². The first-order chi connectivity index (χ1) is 5.88. The minimum Gasteiger partial charge on any atom is -0.126 e. The fourth-order valence-corrected chi connectivity index (χ4v) is 4.15. The zero-order valence-electron chi connectivity index (χ0n) is 7.51. The largest absolute Gasteiger partial charge is 0.126 e. The van der Waals surface area contributed by atoms with E-state index in [1.54, 1.807) is 25.7 Å². The maximum absolute atomic E-state index is 5.87. The highest BCUT2D eigenvalue weighted by Gasteiger charge is 2.50. The van der Waals surface area contributed by atoms with Crippen molar-refractivity contribution < 1.29 is 0 Å². The Morgan fingerprint density at radius 2 is 1.92 bits per heavy atom. The number of alkyl halides is 1. The standard InChI is InChI=1S/C11H17Cl/c12-6-9-5-11(9)10-4-7-1-2-8(10)3-7/h7-11H,1-6H2. The van der Waals surface area contributed by atoms with Crippen molar-refractivity contribution in [3.05, 3.63) is 0 Å². The monoisotopic (exact) mass is 184 g/mol. The molecule has 5 atom stereocenters. The van der Waals surface area contributed by atoms with Crippen LogP contribution in [0.4, 0.5) is 0 Å². The highest BCUT2D eigenvalue weighted by molar-refractivity contribution is 6.18. The SMILES string of the molecule is ClCC1CC1C1CC2CCC1C2. The van der Waals surface area contributed by atoms with Crippen LogP contribution in [0.15, 0.2) is 0 Å². The van der Waals surface area contributed by atoms with Gasteiger partial charge in [0, 0.05) is 5.88 Å². The first kappa shape index (κ1) is 7.67. The molecule has 1 heteroatoms. The summed E-state index contributed by atoms with van der Waals surface area (Å²) in [6.45, 7) is 0. The van der Waals surface area contributed by atoms with Gasteiger partial charge in [-0.2, -0.15) is 0 Å². The minimum absolute atomic E-state index is 0.913. The predicted octanol–water partition coefficient (Wildman–Crippen LogP) is 3.30. The van der Waals surface area contributed by atoms with Crippen LogP contribution >= 0.6 is 11.6 Å². The smallest absolute Gasteiger partial charge is 0.0254 e. The van der Waals surface area contributed by atoms with Crippen LogP contribution in [0.2, 0.25) is 0 Å². The molecule has 0 saturated heterocycles. The van der Waals surface area contributed by atoms with E-state index in [9.17, 15) is 0 Å². The van der Waals surface area contributed by atoms with Crippen LogP contribution in [0.5, 0.6) is 0 Å². The van der Waals surface area contributed by atoms with Crippen LogP contribution < -0.4 is 0 Å². The third kappa shape index (κ3) is 1.04. The molecule has 68 valence electrons. The minimum atomic E-state index is 0.913. The first-order valence-electron chi connectivity index (χ1n) is 5.44. The molecular weight excluding hydrogens is 168 g/mol. The van der Waals surface area contributed by atoms with Crippen molar-refractivity contribution in [3.63, 3.8) is 0 Å². The molecule has 3 fully saturated rings. The third-order valence-corrected chi connectivity index (χ3v) is 4.91. The molecule has 0 aliphatic heterocycles. The lowest BCUT2D eigenvalue weighted by atomic mass is 9.84. The van der Waals surface area contributed by atoms with Gasteiger partial charge in [0.25, 0.3) is 0 Å². The summed E-state index contributed by atoms with van der Waals surface area (Å²) in [7, 11) is 0. The average molecular weight is 185 g/mol. The Kier molecular flexibility index (Phi) is 1.69. The van der Waals surface area contributed by atoms with Gasteiger partial charge in [-0.25, -0.2) is 0 Å². The van der Waals surface area contributed by atoms with E-state index in [-0.39, 0.29) is 0 Å². The van der Waals surface area contributed by atoms with Crippen LogP contribution in [-0.2, 0) is 0 Å². The molecule has 3 rings (SSSR count). The van der Waals surface area contributed by atoms with E-state index in [1.807, 2.05) is 0 Å². The maximum Gasteiger partial charge on any atom is 0.0254 e. The van der Waals surface area contributed by atoms with Gasteiger partial charge < -0.3 is 0 Å². The van der Waals surface area contributed by atoms with Gasteiger partial charge in [0.15, 0.2) is 0 Å². The first-order valence-corrected chi connectivity index (χ1v) is 5.98. The van der Waals surface area contributed by atoms with Crippen molar-refractivity contribution in [1.29, 1.82) is 0 Å². The highest BCUT2D eigenvalue weighted by Crippen LogP contribution is 2.59. The number of hydrogen-bond acceptors (Lipinski definition) is 0. The molecule has 3 aliphatic carbocycles. The summed E-state index contributed by atoms with van der Waals surface area (Å²) in [6.07, 6.45) is 7.66. The molecule has 0 nitrogen and oxygen atoms in total. The lowest BCUT2D eigenvalue weighted by Gasteiger charge is -2.21. The van der Waals surface area contributed by atoms with Crippen molar-refractivity contribution in [1.82, 2.24) is 0 Å². The molecule has 5 unspecified atom stereocenters. The van der Waals surface area contributed by atoms with Crippen molar-refractivity contribution in [3.8, 4) is 0 Å². The number of rotatable bonds is 2. The second-order valence-electron chi connectivity index (χ2n) is 5.15. The molecule has 12 heavy (non-hydrogen) atoms. The number of hydrogen-bond donors (Lipinski definition) is 0. The molecule has 0 radical (unpaired) electrons. The molecule has 0 amide bonds. The van der Waals surface area contributed by atoms with E-state index in [0.29, 0.717) is 0 Å². The maximum atomic E-state index is 5.87. The van der Waals surface area contributed by atoms with Gasteiger partial charge in [0.1, 0.15) is 0 Å². The predicted molar refractivity (Wildman–Crippen MR) is 51.3 cm³/mol. The second kappa shape index (κ2) is 2.64. The van der Waals surface area contributed by atoms with Gasteiger partial charge in [-0.05, 0) is 55.3 Å². The Bertz CT molecular complexity index is 189. The van der Waals surface area contributed by atoms with Crippen LogP contribution in [0.3, 0.4) is 0 Å². The molecule has 3 aliphatic rings. The highest BCUT2D eigenvalue weighted by atomic mass is 35.5. The van der Waals surface area contributed by atoms with E-state index in [4.69, 9.17) is 11.6 Å². The lowest BCUT2D eigenvalue weighted by molar-refractivity contribution is 0.288. The van der Waals surface area contributed by atoms with E-state index in [0.717, 1.165) is 35.5 Å². The fourth-order valence-electron chi connectivity index (χ4n) is 3.79. The van der Waals surface area contributed by atoms with Gasteiger partial charge in [-0.15, -0.1) is 11.6 Å². The molecule has 2 bridgehead atoms. The van der Waals surface area contributed by atoms with E-state index in [2.05, 4.69) is 0 Å². The van der Waals surface area contributed by atoms with E-state index in [1.165, 1.54) is 6.42 Å². The fraction of sp³-hybridized carbons (Fsp3) is 1.00. The quantitative estimate of drug-likeness (QED) is 0.578. The molecular formula is C11H17Cl. The normalized spacial score (nSPS) is 56.2. The third-order valence-electron chi connectivity index (χ3n) is 4.52. The Hall–Kier alpha value is 0.290. The summed E-state index contributed by atoms with van der Waals surface area (Å²) in [6, 6.07) is 0. The zero-order chi connectivity index (χ0) is 8.13. The van der Waals surface area contributed by atoms with Crippen molar-refractivity contribution in [2.45, 2.75) is 32.1 Å². The van der Waals surface area contributed by atoms with Gasteiger partial charge >= 0.3 is 0 Å². The summed E-state index contributed by atoms with van der Waals surface area (Å²) < 4.78 is 0. The molecule has 0 aromatic carbocycles. The molecule has 0 spiro atoms. The Morgan fingerprint density at radius 1 is 1.00 bits per heavy atom. The van der Waals surface area contributed by atoms with Gasteiger partial charge in [0.05, 0.1) is 0 Å². The van der Waals surface area contributed by atoms with Crippen LogP contribution in [0.1, 0.15) is 32.1 Å². The average Bonchev–Trinajstić information content (AvgIpc) is 2.59. The summed E-state index contributed by atoms with van der Waals surface area (Å²) >= 11 is 5.87. The van der Waals surface area contributed by atoms with Crippen molar-refractivity contribution in [2.24, 2.45) is 29.6 Å².